The molecule has 0 unspecified atom stereocenters. The van der Waals surface area contributed by atoms with Crippen LogP contribution >= 0.6 is 0 Å². The Kier molecular flexibility index (Phi) is 11.0. The van der Waals surface area contributed by atoms with Gasteiger partial charge in [-0.1, -0.05) is 32.0 Å². The summed E-state index contributed by atoms with van der Waals surface area (Å²) in [7, 11) is 0. The van der Waals surface area contributed by atoms with Gasteiger partial charge < -0.3 is 34.8 Å². The number of aromatic nitrogens is 2. The first-order valence-corrected chi connectivity index (χ1v) is 16.6. The highest BCUT2D eigenvalue weighted by atomic mass is 16.6. The molecule has 0 radical (unpaired) electrons. The molecule has 3 aliphatic rings. The predicted octanol–water partition coefficient (Wildman–Crippen LogP) is 1.97. The van der Waals surface area contributed by atoms with Crippen molar-refractivity contribution in [2.45, 2.75) is 71.0 Å². The highest BCUT2D eigenvalue weighted by Crippen LogP contribution is 2.24. The van der Waals surface area contributed by atoms with Crippen LogP contribution in [0, 0.1) is 5.92 Å². The summed E-state index contributed by atoms with van der Waals surface area (Å²) in [6.45, 7) is 7.18. The van der Waals surface area contributed by atoms with Gasteiger partial charge in [-0.2, -0.15) is 5.10 Å². The lowest BCUT2D eigenvalue weighted by atomic mass is 9.93. The van der Waals surface area contributed by atoms with Crippen molar-refractivity contribution in [1.29, 1.82) is 0 Å². The number of amides is 5. The Hall–Kier alpha value is -4.62. The summed E-state index contributed by atoms with van der Waals surface area (Å²) in [6, 6.07) is 9.34. The molecule has 254 valence electrons. The van der Waals surface area contributed by atoms with Gasteiger partial charge >= 0.3 is 6.09 Å². The van der Waals surface area contributed by atoms with Crippen molar-refractivity contribution in [1.82, 2.24) is 35.1 Å². The first-order valence-electron chi connectivity index (χ1n) is 16.6. The quantitative estimate of drug-likeness (QED) is 0.374. The van der Waals surface area contributed by atoms with Crippen LogP contribution in [-0.4, -0.2) is 118 Å². The van der Waals surface area contributed by atoms with E-state index >= 15 is 0 Å². The molecule has 0 bridgehead atoms. The first-order chi connectivity index (χ1) is 22.7. The number of carbonyl (C=O) groups excluding carboxylic acids is 5. The normalized spacial score (nSPS) is 18.8. The Morgan fingerprint density at radius 3 is 2.28 bits per heavy atom. The second kappa shape index (κ2) is 15.3. The maximum absolute atomic E-state index is 13.5. The number of carbonyl (C=O) groups is 5. The lowest BCUT2D eigenvalue weighted by Crippen LogP contribution is -2.57. The van der Waals surface area contributed by atoms with E-state index in [0.29, 0.717) is 44.8 Å². The number of piperazine rings is 1. The molecule has 14 heteroatoms. The third kappa shape index (κ3) is 8.03. The number of ether oxygens (including phenoxy) is 2. The first kappa shape index (κ1) is 33.7. The summed E-state index contributed by atoms with van der Waals surface area (Å²) in [5.41, 5.74) is 0.629. The average Bonchev–Trinajstić information content (AvgIpc) is 3.72. The largest absolute Gasteiger partial charge is 0.467 e. The van der Waals surface area contributed by atoms with Gasteiger partial charge in [0.15, 0.2) is 12.3 Å². The van der Waals surface area contributed by atoms with E-state index in [9.17, 15) is 24.0 Å². The van der Waals surface area contributed by atoms with Gasteiger partial charge in [0.1, 0.15) is 12.1 Å². The summed E-state index contributed by atoms with van der Waals surface area (Å²) in [5.74, 6) is -1.32. The van der Waals surface area contributed by atoms with E-state index in [2.05, 4.69) is 15.7 Å². The second-order valence-corrected chi connectivity index (χ2v) is 12.5. The molecule has 3 heterocycles. The molecule has 1 aromatic carbocycles. The molecule has 2 atom stereocenters. The van der Waals surface area contributed by atoms with E-state index in [0.717, 1.165) is 25.7 Å². The molecule has 1 aliphatic carbocycles. The topological polar surface area (TPSA) is 155 Å². The van der Waals surface area contributed by atoms with Crippen molar-refractivity contribution < 1.29 is 33.4 Å². The molecule has 0 spiro atoms. The SMILES string of the molecule is CCOC(=O)N1CCN(C(=O)[C@@H](NC(=O)c2cc(OCC(=O)N3CCC[C@H]3C(=O)NC3CCC3)n(-c3ccccc3)n2)C(C)C)CC1. The van der Waals surface area contributed by atoms with Gasteiger partial charge in [0.25, 0.3) is 11.8 Å². The zero-order valence-corrected chi connectivity index (χ0v) is 27.4. The molecule has 2 N–H and O–H groups in total. The van der Waals surface area contributed by atoms with Crippen LogP contribution in [0.25, 0.3) is 5.69 Å². The van der Waals surface area contributed by atoms with Gasteiger partial charge in [0.2, 0.25) is 17.7 Å². The fourth-order valence-corrected chi connectivity index (χ4v) is 5.99. The molecule has 3 fully saturated rings. The zero-order valence-electron chi connectivity index (χ0n) is 27.4. The number of para-hydroxylation sites is 1. The summed E-state index contributed by atoms with van der Waals surface area (Å²) < 4.78 is 12.5. The van der Waals surface area contributed by atoms with Crippen molar-refractivity contribution in [2.75, 3.05) is 45.9 Å². The highest BCUT2D eigenvalue weighted by Gasteiger charge is 2.36. The van der Waals surface area contributed by atoms with Gasteiger partial charge in [-0.25, -0.2) is 9.48 Å². The number of benzene rings is 1. The Balaban J connectivity index is 1.25. The Labute approximate surface area is 274 Å². The molecular weight excluding hydrogens is 606 g/mol. The molecule has 5 rings (SSSR count). The molecule has 1 aromatic heterocycles. The van der Waals surface area contributed by atoms with Crippen LogP contribution in [0.1, 0.15) is 63.4 Å². The van der Waals surface area contributed by atoms with Crippen molar-refractivity contribution in [3.8, 4) is 11.6 Å². The Bertz CT molecular complexity index is 1430. The number of rotatable bonds is 11. The molecule has 2 aliphatic heterocycles. The third-order valence-corrected chi connectivity index (χ3v) is 8.92. The van der Waals surface area contributed by atoms with Gasteiger partial charge in [-0.15, -0.1) is 0 Å². The fraction of sp³-hybridized carbons (Fsp3) is 0.576. The van der Waals surface area contributed by atoms with Crippen LogP contribution in [0.15, 0.2) is 36.4 Å². The minimum absolute atomic E-state index is 0.0146. The smallest absolute Gasteiger partial charge is 0.409 e. The minimum Gasteiger partial charge on any atom is -0.467 e. The van der Waals surface area contributed by atoms with Gasteiger partial charge in [0.05, 0.1) is 12.3 Å². The summed E-state index contributed by atoms with van der Waals surface area (Å²) in [6.07, 6.45) is 3.97. The number of nitrogens with one attached hydrogen (secondary N) is 2. The van der Waals surface area contributed by atoms with E-state index < -0.39 is 24.1 Å². The van der Waals surface area contributed by atoms with Crippen LogP contribution in [0.3, 0.4) is 0 Å². The van der Waals surface area contributed by atoms with E-state index in [1.165, 1.54) is 10.7 Å². The lowest BCUT2D eigenvalue weighted by Gasteiger charge is -2.36. The van der Waals surface area contributed by atoms with E-state index in [1.807, 2.05) is 32.0 Å². The van der Waals surface area contributed by atoms with E-state index in [-0.39, 0.29) is 54.5 Å². The van der Waals surface area contributed by atoms with Gasteiger partial charge in [0, 0.05) is 44.8 Å². The fourth-order valence-electron chi connectivity index (χ4n) is 5.99. The Morgan fingerprint density at radius 2 is 1.64 bits per heavy atom. The molecule has 47 heavy (non-hydrogen) atoms. The summed E-state index contributed by atoms with van der Waals surface area (Å²) in [4.78, 5) is 70.0. The van der Waals surface area contributed by atoms with Gasteiger partial charge in [-0.3, -0.25) is 19.2 Å². The monoisotopic (exact) mass is 651 g/mol. The van der Waals surface area contributed by atoms with Crippen LogP contribution < -0.4 is 15.4 Å². The van der Waals surface area contributed by atoms with Crippen LogP contribution in [-0.2, 0) is 19.1 Å². The Morgan fingerprint density at radius 1 is 0.936 bits per heavy atom. The van der Waals surface area contributed by atoms with Crippen LogP contribution in [0.5, 0.6) is 5.88 Å². The van der Waals surface area contributed by atoms with E-state index in [1.54, 1.807) is 33.8 Å². The molecule has 5 amide bonds. The zero-order chi connectivity index (χ0) is 33.5. The van der Waals surface area contributed by atoms with E-state index in [4.69, 9.17) is 9.47 Å². The number of likely N-dealkylation sites (tertiary alicyclic amines) is 1. The molecule has 2 saturated heterocycles. The summed E-state index contributed by atoms with van der Waals surface area (Å²) in [5, 5.41) is 10.4. The third-order valence-electron chi connectivity index (χ3n) is 8.92. The van der Waals surface area contributed by atoms with Crippen LogP contribution in [0.2, 0.25) is 0 Å². The number of nitrogens with zero attached hydrogens (tertiary/aromatic N) is 5. The van der Waals surface area contributed by atoms with Crippen molar-refractivity contribution >= 4 is 29.7 Å². The average molecular weight is 652 g/mol. The number of hydrogen-bond acceptors (Lipinski definition) is 8. The molecule has 1 saturated carbocycles. The predicted molar refractivity (Wildman–Crippen MR) is 171 cm³/mol. The molecule has 14 nitrogen and oxygen atoms in total. The van der Waals surface area contributed by atoms with Crippen molar-refractivity contribution in [3.05, 3.63) is 42.1 Å². The second-order valence-electron chi connectivity index (χ2n) is 12.5. The highest BCUT2D eigenvalue weighted by molar-refractivity contribution is 5.96. The lowest BCUT2D eigenvalue weighted by molar-refractivity contribution is -0.140. The minimum atomic E-state index is -0.831. The maximum Gasteiger partial charge on any atom is 0.409 e. The standard InChI is InChI=1S/C33H45N7O7/c1-4-46-33(45)38-18-16-37(17-19-38)32(44)29(22(2)3)35-30(42)25-20-28(40(36-25)24-12-6-5-7-13-24)47-21-27(41)39-15-9-14-26(39)31(43)34-23-10-8-11-23/h5-7,12-13,20,22-23,26,29H,4,8-11,14-19,21H2,1-3H3,(H,34,43)(H,35,42)/t26-,29-/m0/s1. The molecule has 2 aromatic rings. The van der Waals surface area contributed by atoms with Crippen molar-refractivity contribution in [3.63, 3.8) is 0 Å². The summed E-state index contributed by atoms with van der Waals surface area (Å²) >= 11 is 0. The van der Waals surface area contributed by atoms with Gasteiger partial charge in [-0.05, 0) is 57.1 Å². The number of hydrogen-bond donors (Lipinski definition) is 2. The maximum atomic E-state index is 13.5. The van der Waals surface area contributed by atoms with Crippen LogP contribution in [0.4, 0.5) is 4.79 Å². The van der Waals surface area contributed by atoms with Crippen molar-refractivity contribution in [2.24, 2.45) is 5.92 Å². The molecular formula is C33H45N7O7.